The van der Waals surface area contributed by atoms with Crippen molar-refractivity contribution in [3.63, 3.8) is 0 Å². The monoisotopic (exact) mass is 1740 g/mol. The molecule has 0 amide bonds. The van der Waals surface area contributed by atoms with Gasteiger partial charge >= 0.3 is 24.0 Å². The van der Waals surface area contributed by atoms with Gasteiger partial charge in [-0.05, 0) is 125 Å². The van der Waals surface area contributed by atoms with Gasteiger partial charge in [0.05, 0.1) is 89.8 Å². The third-order valence-electron chi connectivity index (χ3n) is 19.6. The molecule has 8 aromatic heterocycles. The summed E-state index contributed by atoms with van der Waals surface area (Å²) in [6.07, 6.45) is 13.0. The Labute approximate surface area is 747 Å². The van der Waals surface area contributed by atoms with Crippen molar-refractivity contribution in [3.8, 4) is 29.8 Å². The van der Waals surface area contributed by atoms with Crippen molar-refractivity contribution in [1.82, 2.24) is 69.8 Å². The molecule has 13 aromatic rings. The van der Waals surface area contributed by atoms with Crippen LogP contribution < -0.4 is 60.3 Å². The average Bonchev–Trinajstić information content (AvgIpc) is 0.817. The van der Waals surface area contributed by atoms with Gasteiger partial charge in [0, 0.05) is 124 Å². The first kappa shape index (κ1) is 89.8. The van der Waals surface area contributed by atoms with E-state index in [9.17, 15) is 0 Å². The number of anilines is 8. The van der Waals surface area contributed by atoms with Crippen molar-refractivity contribution >= 4 is 93.9 Å². The summed E-state index contributed by atoms with van der Waals surface area (Å²) in [4.78, 5) is 70.8. The van der Waals surface area contributed by atoms with Gasteiger partial charge in [0.25, 0.3) is 0 Å². The molecule has 35 heteroatoms. The molecule has 0 spiro atoms. The fraction of sp³-hybridized carbons (Fsp3) is 0.290. The molecule has 34 nitrogen and oxygen atoms in total. The number of benzene rings is 5. The molecule has 658 valence electrons. The number of halogens is 1. The number of hydrogen-bond donors (Lipinski definition) is 4. The summed E-state index contributed by atoms with van der Waals surface area (Å²) in [6.45, 7) is 26.1. The van der Waals surface area contributed by atoms with Gasteiger partial charge in [-0.2, -0.15) is 60.3 Å². The second-order valence-electron chi connectivity index (χ2n) is 29.9. The van der Waals surface area contributed by atoms with Crippen molar-refractivity contribution < 1.29 is 37.9 Å². The SMILES string of the molecule is Cc1ccc(/C=N/Nc2cc(N3CCOCC3)nc(OCCc3ccccn3)n2)cc1.Cc1cccc(/C=N/Nc2cc(N3CCOCC3)nc(OCc3nc(C)cc(C)n3)n2)c1.Cc1cccc(/C=N/Nc2cc(N3CCOCC3)nc(Oc3ccc4nc(Cl)ccc4c3)n2)c1.Cc1cnc(COc2nc(N/N=C/c3cccc(C)c3)cc(N3CCOCC3)n2)nc1. The molecule has 0 bridgehead atoms. The van der Waals surface area contributed by atoms with Crippen LogP contribution in [-0.4, -0.2) is 206 Å². The topological polar surface area (TPSA) is 365 Å². The van der Waals surface area contributed by atoms with Gasteiger partial charge in [0.2, 0.25) is 0 Å². The van der Waals surface area contributed by atoms with Crippen LogP contribution in [0.5, 0.6) is 29.8 Å². The number of aryl methyl sites for hydroxylation is 7. The number of nitrogens with one attached hydrogen (secondary N) is 4. The van der Waals surface area contributed by atoms with Crippen LogP contribution in [0.15, 0.2) is 215 Å². The van der Waals surface area contributed by atoms with E-state index in [0.29, 0.717) is 118 Å². The van der Waals surface area contributed by atoms with Gasteiger partial charge in [-0.3, -0.25) is 26.7 Å². The molecule has 4 N–H and O–H groups in total. The summed E-state index contributed by atoms with van der Waals surface area (Å²) in [5, 5.41) is 18.7. The molecule has 0 atom stereocenters. The first-order chi connectivity index (χ1) is 62.6. The van der Waals surface area contributed by atoms with Crippen molar-refractivity contribution in [3.05, 3.63) is 278 Å². The number of nitrogens with zero attached hydrogens (tertiary/aromatic N) is 22. The molecular formula is C93H101ClN26O8. The largest absolute Gasteiger partial charge is 0.463 e. The summed E-state index contributed by atoms with van der Waals surface area (Å²) < 4.78 is 45.4. The van der Waals surface area contributed by atoms with Crippen LogP contribution in [0.3, 0.4) is 0 Å². The minimum atomic E-state index is 0.179. The maximum atomic E-state index is 6.04. The number of ether oxygens (including phenoxy) is 8. The van der Waals surface area contributed by atoms with Crippen molar-refractivity contribution in [2.24, 2.45) is 20.4 Å². The van der Waals surface area contributed by atoms with Crippen molar-refractivity contribution in [2.45, 2.75) is 68.1 Å². The lowest BCUT2D eigenvalue weighted by molar-refractivity contribution is 0.122. The Morgan fingerprint density at radius 2 is 0.781 bits per heavy atom. The first-order valence-corrected chi connectivity index (χ1v) is 42.4. The van der Waals surface area contributed by atoms with Crippen molar-refractivity contribution in [1.29, 1.82) is 0 Å². The van der Waals surface area contributed by atoms with Crippen LogP contribution in [0.1, 0.15) is 78.8 Å². The van der Waals surface area contributed by atoms with E-state index >= 15 is 0 Å². The zero-order valence-electron chi connectivity index (χ0n) is 72.4. The predicted molar refractivity (Wildman–Crippen MR) is 497 cm³/mol. The molecule has 0 radical (unpaired) electrons. The number of rotatable bonds is 28. The molecule has 17 rings (SSSR count). The molecule has 128 heavy (non-hydrogen) atoms. The van der Waals surface area contributed by atoms with E-state index in [1.54, 1.807) is 49.5 Å². The summed E-state index contributed by atoms with van der Waals surface area (Å²) in [7, 11) is 0. The number of fused-ring (bicyclic) bond motifs is 1. The van der Waals surface area contributed by atoms with Gasteiger partial charge in [0.1, 0.15) is 34.2 Å². The standard InChI is InChI=1S/C25H23ClN6O2.C23H27N7O2.C23H26N6O2.C22H25N7O2/c1-17-3-2-4-18(13-17)16-27-31-23-15-24(32-9-11-33-12-10-32)30-25(29-23)34-20-6-7-21-19(14-20)5-8-22(26)28-21;1-16-5-4-6-19(11-16)14-24-29-20-13-22(30-7-9-31-10-8-30)28-23(27-20)32-15-21-25-17(2)12-18(3)26-21;1-18-5-7-19(8-6-18)17-25-28-21-16-22(29-11-14-30-15-12-29)27-23(26-21)31-13-9-20-4-2-3-10-24-20;1-16-4-3-5-18(10-16)14-25-28-19-11-21(29-6-8-30-9-7-29)27-22(26-19)31-15-20-23-12-17(2)13-24-20/h2-8,13-16H,9-12H2,1H3,(H,29,30,31);4-6,11-14H,7-10,15H2,1-3H3,(H,27,28,29);2-8,10,16-17H,9,11-15H2,1H3,(H,26,27,28);3-5,10-14H,6-9,15H2,1-2H3,(H,26,27,28)/b27-16+;24-14+;25-17+;25-14+. The molecule has 0 saturated carbocycles. The van der Waals surface area contributed by atoms with Gasteiger partial charge in [-0.25, -0.2) is 24.9 Å². The molecule has 0 aliphatic carbocycles. The van der Waals surface area contributed by atoms with Crippen molar-refractivity contribution in [2.75, 3.05) is 153 Å². The van der Waals surface area contributed by atoms with E-state index in [1.807, 2.05) is 181 Å². The third-order valence-corrected chi connectivity index (χ3v) is 19.8. The minimum absolute atomic E-state index is 0.179. The second-order valence-corrected chi connectivity index (χ2v) is 30.3. The number of morpholine rings is 4. The number of pyridine rings is 2. The van der Waals surface area contributed by atoms with Crippen LogP contribution in [0.2, 0.25) is 5.15 Å². The highest BCUT2D eigenvalue weighted by Gasteiger charge is 2.22. The summed E-state index contributed by atoms with van der Waals surface area (Å²) in [5.41, 5.74) is 25.3. The molecule has 12 heterocycles. The highest BCUT2D eigenvalue weighted by molar-refractivity contribution is 6.29. The van der Waals surface area contributed by atoms with E-state index in [1.165, 1.54) is 22.3 Å². The van der Waals surface area contributed by atoms with Crippen LogP contribution >= 0.6 is 11.6 Å². The zero-order valence-corrected chi connectivity index (χ0v) is 73.2. The van der Waals surface area contributed by atoms with E-state index in [0.717, 1.165) is 131 Å². The van der Waals surface area contributed by atoms with Crippen LogP contribution in [-0.2, 0) is 38.6 Å². The van der Waals surface area contributed by atoms with Crippen LogP contribution in [0.25, 0.3) is 10.9 Å². The van der Waals surface area contributed by atoms with Crippen LogP contribution in [0, 0.1) is 48.5 Å². The highest BCUT2D eigenvalue weighted by Crippen LogP contribution is 2.30. The molecule has 4 aliphatic heterocycles. The Morgan fingerprint density at radius 1 is 0.359 bits per heavy atom. The first-order valence-electron chi connectivity index (χ1n) is 42.0. The maximum absolute atomic E-state index is 6.04. The lowest BCUT2D eigenvalue weighted by Crippen LogP contribution is -2.36. The number of hydrogen-bond acceptors (Lipinski definition) is 34. The normalized spacial score (nSPS) is 14.0. The summed E-state index contributed by atoms with van der Waals surface area (Å²) in [6, 6.07) is 57.9. The molecule has 5 aromatic carbocycles. The Morgan fingerprint density at radius 3 is 1.22 bits per heavy atom. The van der Waals surface area contributed by atoms with E-state index in [2.05, 4.69) is 169 Å². The fourth-order valence-electron chi connectivity index (χ4n) is 13.2. The fourth-order valence-corrected chi connectivity index (χ4v) is 13.3. The van der Waals surface area contributed by atoms with Gasteiger partial charge in [-0.1, -0.05) is 137 Å². The van der Waals surface area contributed by atoms with Crippen LogP contribution in [0.4, 0.5) is 46.5 Å². The quantitative estimate of drug-likeness (QED) is 0.0201. The lowest BCUT2D eigenvalue weighted by Gasteiger charge is -2.28. The van der Waals surface area contributed by atoms with E-state index in [4.69, 9.17) is 49.5 Å². The molecular weight excluding hydrogens is 1640 g/mol. The zero-order chi connectivity index (χ0) is 88.4. The third kappa shape index (κ3) is 28.8. The van der Waals surface area contributed by atoms with Gasteiger partial charge in [-0.15, -0.1) is 0 Å². The number of hydrazone groups is 4. The summed E-state index contributed by atoms with van der Waals surface area (Å²) in [5.74, 6) is 7.01. The summed E-state index contributed by atoms with van der Waals surface area (Å²) >= 11 is 5.99. The Balaban J connectivity index is 0.000000138. The molecule has 4 aliphatic rings. The van der Waals surface area contributed by atoms with Gasteiger partial charge < -0.3 is 57.5 Å². The maximum Gasteiger partial charge on any atom is 0.325 e. The Kier molecular flexibility index (Phi) is 32.6. The number of aromatic nitrogens is 14. The predicted octanol–water partition coefficient (Wildman–Crippen LogP) is 13.9. The molecule has 4 saturated heterocycles. The van der Waals surface area contributed by atoms with E-state index < -0.39 is 0 Å². The highest BCUT2D eigenvalue weighted by atomic mass is 35.5. The molecule has 4 fully saturated rings. The lowest BCUT2D eigenvalue weighted by atomic mass is 10.2. The van der Waals surface area contributed by atoms with Gasteiger partial charge in [0.15, 0.2) is 48.1 Å². The smallest absolute Gasteiger partial charge is 0.325 e. The minimum Gasteiger partial charge on any atom is -0.463 e. The second kappa shape index (κ2) is 46.5. The molecule has 0 unspecified atom stereocenters. The van der Waals surface area contributed by atoms with E-state index in [-0.39, 0.29) is 31.2 Å². The average molecular weight is 1750 g/mol. The Bertz CT molecular complexity index is 5870. The Hall–Kier alpha value is -14.5.